The van der Waals surface area contributed by atoms with E-state index >= 15 is 0 Å². The fourth-order valence-electron chi connectivity index (χ4n) is 4.98. The first kappa shape index (κ1) is 23.9. The monoisotopic (exact) mass is 511 g/mol. The Morgan fingerprint density at radius 3 is 2.34 bits per heavy atom. The van der Waals surface area contributed by atoms with Gasteiger partial charge in [-0.15, -0.1) is 11.3 Å². The molecule has 0 spiro atoms. The lowest BCUT2D eigenvalue weighted by molar-refractivity contribution is -0.122. The number of nitrogens with one attached hydrogen (secondary N) is 1. The Balaban J connectivity index is 1.19. The van der Waals surface area contributed by atoms with E-state index in [1.165, 1.54) is 29.0 Å². The first-order chi connectivity index (χ1) is 16.9. The molecule has 1 aromatic heterocycles. The molecule has 2 fully saturated rings. The van der Waals surface area contributed by atoms with Crippen LogP contribution in [0.5, 0.6) is 0 Å². The van der Waals surface area contributed by atoms with Gasteiger partial charge in [0, 0.05) is 30.4 Å². The molecule has 0 saturated carbocycles. The van der Waals surface area contributed by atoms with E-state index in [2.05, 4.69) is 38.9 Å². The van der Waals surface area contributed by atoms with E-state index in [0.29, 0.717) is 24.1 Å². The average Bonchev–Trinajstić information content (AvgIpc) is 3.53. The summed E-state index contributed by atoms with van der Waals surface area (Å²) in [7, 11) is -3.72. The third-order valence-corrected chi connectivity index (χ3v) is 9.12. The Hall–Kier alpha value is -2.79. The van der Waals surface area contributed by atoms with Crippen molar-refractivity contribution in [2.75, 3.05) is 29.3 Å². The molecule has 184 valence electrons. The maximum Gasteiger partial charge on any atom is 0.263 e. The van der Waals surface area contributed by atoms with Gasteiger partial charge in [-0.1, -0.05) is 24.3 Å². The van der Waals surface area contributed by atoms with Gasteiger partial charge in [0.1, 0.15) is 0 Å². The number of thiazole rings is 1. The van der Waals surface area contributed by atoms with E-state index in [0.717, 1.165) is 43.6 Å². The molecule has 3 heterocycles. The Morgan fingerprint density at radius 2 is 1.71 bits per heavy atom. The van der Waals surface area contributed by atoms with Gasteiger partial charge in [-0.2, -0.15) is 0 Å². The van der Waals surface area contributed by atoms with Crippen LogP contribution in [0.1, 0.15) is 36.3 Å². The number of piperidine rings is 1. The summed E-state index contributed by atoms with van der Waals surface area (Å²) in [5.41, 5.74) is 8.92. The maximum absolute atomic E-state index is 13.3. The van der Waals surface area contributed by atoms with Crippen LogP contribution in [-0.4, -0.2) is 49.9 Å². The van der Waals surface area contributed by atoms with Crippen molar-refractivity contribution >= 4 is 38.1 Å². The highest BCUT2D eigenvalue weighted by Crippen LogP contribution is 2.32. The topological polar surface area (TPSA) is 109 Å². The van der Waals surface area contributed by atoms with Gasteiger partial charge in [0.25, 0.3) is 10.0 Å². The summed E-state index contributed by atoms with van der Waals surface area (Å²) in [6.45, 7) is 2.98. The summed E-state index contributed by atoms with van der Waals surface area (Å²) in [5, 5.41) is 2.03. The van der Waals surface area contributed by atoms with E-state index < -0.39 is 10.0 Å². The molecule has 0 unspecified atom stereocenters. The van der Waals surface area contributed by atoms with Crippen molar-refractivity contribution in [1.82, 2.24) is 9.88 Å². The zero-order chi connectivity index (χ0) is 24.4. The first-order valence-corrected chi connectivity index (χ1v) is 14.2. The Labute approximate surface area is 209 Å². The quantitative estimate of drug-likeness (QED) is 0.503. The molecule has 35 heavy (non-hydrogen) atoms. The minimum atomic E-state index is -3.72. The minimum absolute atomic E-state index is 0.0901. The van der Waals surface area contributed by atoms with Crippen LogP contribution in [0.2, 0.25) is 0 Å². The number of sulfonamides is 1. The van der Waals surface area contributed by atoms with E-state index in [1.54, 1.807) is 28.6 Å². The second-order valence-electron chi connectivity index (χ2n) is 8.99. The standard InChI is InChI=1S/C25H29N5O3S2/c26-17-18-1-3-19(4-2-18)20-9-13-29(14-10-20)23-11-15-30(24(23)31)21-5-7-22(8-6-21)35(32,33)28-25-27-12-16-34-25/h1-8,12,16,20,23H,9-11,13-15,17,26H2,(H,27,28)/t23-/m0/s1. The van der Waals surface area contributed by atoms with Gasteiger partial charge >= 0.3 is 0 Å². The van der Waals surface area contributed by atoms with Gasteiger partial charge in [0.2, 0.25) is 5.91 Å². The van der Waals surface area contributed by atoms with Crippen LogP contribution < -0.4 is 15.4 Å². The lowest BCUT2D eigenvalue weighted by Gasteiger charge is -2.35. The molecule has 8 nitrogen and oxygen atoms in total. The molecule has 2 aliphatic heterocycles. The SMILES string of the molecule is NCc1ccc(C2CCN([C@H]3CCN(c4ccc(S(=O)(=O)Nc5nccs5)cc4)C3=O)CC2)cc1. The van der Waals surface area contributed by atoms with Crippen molar-refractivity contribution in [2.24, 2.45) is 5.73 Å². The Kier molecular flexibility index (Phi) is 6.88. The second kappa shape index (κ2) is 10.1. The van der Waals surface area contributed by atoms with Gasteiger partial charge in [0.15, 0.2) is 5.13 Å². The van der Waals surface area contributed by atoms with E-state index in [4.69, 9.17) is 5.73 Å². The largest absolute Gasteiger partial charge is 0.326 e. The molecule has 5 rings (SSSR count). The summed E-state index contributed by atoms with van der Waals surface area (Å²) in [4.78, 5) is 21.4. The molecule has 2 aromatic carbocycles. The number of nitrogens with two attached hydrogens (primary N) is 1. The molecule has 2 saturated heterocycles. The average molecular weight is 512 g/mol. The van der Waals surface area contributed by atoms with Crippen molar-refractivity contribution in [2.45, 2.75) is 42.7 Å². The summed E-state index contributed by atoms with van der Waals surface area (Å²) in [6, 6.07) is 14.9. The molecule has 10 heteroatoms. The molecule has 0 radical (unpaired) electrons. The molecule has 0 aliphatic carbocycles. The summed E-state index contributed by atoms with van der Waals surface area (Å²) in [6.07, 6.45) is 4.39. The summed E-state index contributed by atoms with van der Waals surface area (Å²) < 4.78 is 27.6. The van der Waals surface area contributed by atoms with Gasteiger partial charge < -0.3 is 10.6 Å². The van der Waals surface area contributed by atoms with Crippen LogP contribution >= 0.6 is 11.3 Å². The normalized spacial score (nSPS) is 19.9. The number of anilines is 2. The van der Waals surface area contributed by atoms with Gasteiger partial charge in [-0.05, 0) is 73.7 Å². The number of hydrogen-bond donors (Lipinski definition) is 2. The molecule has 1 atom stereocenters. The number of nitrogens with zero attached hydrogens (tertiary/aromatic N) is 3. The number of amides is 1. The van der Waals surface area contributed by atoms with Crippen molar-refractivity contribution in [3.05, 3.63) is 71.2 Å². The van der Waals surface area contributed by atoms with Gasteiger partial charge in [-0.25, -0.2) is 13.4 Å². The number of carbonyl (C=O) groups is 1. The third kappa shape index (κ3) is 5.11. The van der Waals surface area contributed by atoms with Crippen LogP contribution in [0.15, 0.2) is 65.0 Å². The number of rotatable bonds is 7. The fraction of sp³-hybridized carbons (Fsp3) is 0.360. The molecular weight excluding hydrogens is 482 g/mol. The van der Waals surface area contributed by atoms with Gasteiger partial charge in [-0.3, -0.25) is 14.4 Å². The molecule has 1 amide bonds. The summed E-state index contributed by atoms with van der Waals surface area (Å²) >= 11 is 1.22. The minimum Gasteiger partial charge on any atom is -0.326 e. The molecule has 3 aromatic rings. The zero-order valence-corrected chi connectivity index (χ0v) is 21.0. The highest BCUT2D eigenvalue weighted by atomic mass is 32.2. The molecule has 3 N–H and O–H groups in total. The maximum atomic E-state index is 13.3. The zero-order valence-electron chi connectivity index (χ0n) is 19.3. The number of likely N-dealkylation sites (tertiary alicyclic amines) is 1. The third-order valence-electron chi connectivity index (χ3n) is 6.95. The lowest BCUT2D eigenvalue weighted by Crippen LogP contribution is -2.45. The van der Waals surface area contributed by atoms with Gasteiger partial charge in [0.05, 0.1) is 10.9 Å². The lowest BCUT2D eigenvalue weighted by atomic mass is 9.88. The van der Waals surface area contributed by atoms with Crippen LogP contribution in [-0.2, 0) is 21.4 Å². The van der Waals surface area contributed by atoms with E-state index in [1.807, 2.05) is 0 Å². The highest BCUT2D eigenvalue weighted by molar-refractivity contribution is 7.93. The molecule has 0 bridgehead atoms. The van der Waals surface area contributed by atoms with Crippen molar-refractivity contribution in [1.29, 1.82) is 0 Å². The second-order valence-corrected chi connectivity index (χ2v) is 11.6. The number of aromatic nitrogens is 1. The number of benzene rings is 2. The fourth-order valence-corrected chi connectivity index (χ4v) is 6.77. The van der Waals surface area contributed by atoms with Crippen LogP contribution in [0.25, 0.3) is 0 Å². The van der Waals surface area contributed by atoms with Crippen LogP contribution in [0, 0.1) is 0 Å². The first-order valence-electron chi connectivity index (χ1n) is 11.8. The Morgan fingerprint density at radius 1 is 1.00 bits per heavy atom. The van der Waals surface area contributed by atoms with Crippen LogP contribution in [0.3, 0.4) is 0 Å². The van der Waals surface area contributed by atoms with Crippen LogP contribution in [0.4, 0.5) is 10.8 Å². The molecular formula is C25H29N5O3S2. The van der Waals surface area contributed by atoms with Crippen molar-refractivity contribution < 1.29 is 13.2 Å². The molecule has 2 aliphatic rings. The smallest absolute Gasteiger partial charge is 0.263 e. The summed E-state index contributed by atoms with van der Waals surface area (Å²) in [5.74, 6) is 0.602. The highest BCUT2D eigenvalue weighted by Gasteiger charge is 2.38. The number of carbonyl (C=O) groups excluding carboxylic acids is 1. The number of hydrogen-bond acceptors (Lipinski definition) is 7. The predicted molar refractivity (Wildman–Crippen MR) is 138 cm³/mol. The predicted octanol–water partition coefficient (Wildman–Crippen LogP) is 3.39. The Bertz CT molecular complexity index is 1250. The van der Waals surface area contributed by atoms with E-state index in [-0.39, 0.29) is 16.8 Å². The van der Waals surface area contributed by atoms with E-state index in [9.17, 15) is 13.2 Å². The van der Waals surface area contributed by atoms with Crippen molar-refractivity contribution in [3.63, 3.8) is 0 Å². The van der Waals surface area contributed by atoms with Crippen molar-refractivity contribution in [3.8, 4) is 0 Å².